The lowest BCUT2D eigenvalue weighted by Crippen LogP contribution is -2.39. The van der Waals surface area contributed by atoms with E-state index in [0.29, 0.717) is 10.7 Å². The van der Waals surface area contributed by atoms with Crippen molar-refractivity contribution in [1.82, 2.24) is 19.4 Å². The first-order chi connectivity index (χ1) is 10.2. The molecule has 0 aliphatic carbocycles. The molecule has 0 aromatic carbocycles. The molecule has 0 saturated carbocycles. The van der Waals surface area contributed by atoms with Gasteiger partial charge in [-0.25, -0.2) is 4.98 Å². The van der Waals surface area contributed by atoms with Gasteiger partial charge in [0.25, 0.3) is 6.01 Å². The number of ether oxygens (including phenoxy) is 1. The average molecular weight is 311 g/mol. The maximum Gasteiger partial charge on any atom is 0.296 e. The highest BCUT2D eigenvalue weighted by atomic mass is 35.5. The van der Waals surface area contributed by atoms with Gasteiger partial charge < -0.3 is 9.84 Å². The molecule has 2 aromatic rings. The van der Waals surface area contributed by atoms with Crippen LogP contribution in [0.5, 0.6) is 6.01 Å². The lowest BCUT2D eigenvalue weighted by atomic mass is 10.2. The topological polar surface area (TPSA) is 63.4 Å². The van der Waals surface area contributed by atoms with Crippen molar-refractivity contribution in [3.63, 3.8) is 0 Å². The number of aromatic hydroxyl groups is 1. The van der Waals surface area contributed by atoms with Crippen LogP contribution >= 0.6 is 11.6 Å². The number of aromatic nitrogens is 3. The molecule has 7 heteroatoms. The van der Waals surface area contributed by atoms with E-state index in [9.17, 15) is 5.11 Å². The predicted molar refractivity (Wildman–Crippen MR) is 80.8 cm³/mol. The van der Waals surface area contributed by atoms with E-state index >= 15 is 0 Å². The third kappa shape index (κ3) is 2.97. The standard InChI is InChI=1S/C14H19ClN4O2/c1-2-11(9-18-3-5-21-6-4-18)19-12-7-10(15)8-16-13(12)17-14(19)20/h7-8,11H,2-6,9H2,1H3,(H,16,17,20)/t11-/m1/s1. The van der Waals surface area contributed by atoms with Gasteiger partial charge in [-0.05, 0) is 12.5 Å². The van der Waals surface area contributed by atoms with Crippen molar-refractivity contribution in [1.29, 1.82) is 0 Å². The molecule has 3 heterocycles. The van der Waals surface area contributed by atoms with Gasteiger partial charge in [-0.15, -0.1) is 0 Å². The molecule has 1 N–H and O–H groups in total. The minimum atomic E-state index is -0.000115. The average Bonchev–Trinajstić information content (AvgIpc) is 2.81. The number of imidazole rings is 1. The summed E-state index contributed by atoms with van der Waals surface area (Å²) in [6.45, 7) is 6.33. The highest BCUT2D eigenvalue weighted by Crippen LogP contribution is 2.28. The molecule has 0 unspecified atom stereocenters. The van der Waals surface area contributed by atoms with Gasteiger partial charge in [0.2, 0.25) is 0 Å². The highest BCUT2D eigenvalue weighted by molar-refractivity contribution is 6.31. The summed E-state index contributed by atoms with van der Waals surface area (Å²) in [5.74, 6) is 0. The SMILES string of the molecule is CC[C@H](CN1CCOCC1)n1c(O)nc2ncc(Cl)cc21. The Bertz CT molecular complexity index is 625. The lowest BCUT2D eigenvalue weighted by molar-refractivity contribution is 0.0310. The minimum Gasteiger partial charge on any atom is -0.480 e. The summed E-state index contributed by atoms with van der Waals surface area (Å²) in [6.07, 6.45) is 2.44. The third-order valence-electron chi connectivity index (χ3n) is 3.90. The molecular weight excluding hydrogens is 292 g/mol. The normalized spacial score (nSPS) is 18.2. The number of fused-ring (bicyclic) bond motifs is 1. The van der Waals surface area contributed by atoms with Gasteiger partial charge in [0.05, 0.1) is 29.8 Å². The number of nitrogens with zero attached hydrogens (tertiary/aromatic N) is 4. The van der Waals surface area contributed by atoms with Crippen molar-refractivity contribution in [3.8, 4) is 6.01 Å². The molecule has 114 valence electrons. The molecule has 3 rings (SSSR count). The predicted octanol–water partition coefficient (Wildman–Crippen LogP) is 2.07. The van der Waals surface area contributed by atoms with Crippen LogP contribution in [0.25, 0.3) is 11.2 Å². The zero-order chi connectivity index (χ0) is 14.8. The molecular formula is C14H19ClN4O2. The maximum absolute atomic E-state index is 10.2. The van der Waals surface area contributed by atoms with Crippen LogP contribution in [0.2, 0.25) is 5.02 Å². The van der Waals surface area contributed by atoms with Gasteiger partial charge in [-0.3, -0.25) is 9.47 Å². The molecule has 1 aliphatic heterocycles. The largest absolute Gasteiger partial charge is 0.480 e. The fraction of sp³-hybridized carbons (Fsp3) is 0.571. The zero-order valence-corrected chi connectivity index (χ0v) is 12.8. The van der Waals surface area contributed by atoms with Crippen LogP contribution in [-0.4, -0.2) is 57.4 Å². The number of rotatable bonds is 4. The summed E-state index contributed by atoms with van der Waals surface area (Å²) < 4.78 is 7.21. The quantitative estimate of drug-likeness (QED) is 0.936. The van der Waals surface area contributed by atoms with E-state index < -0.39 is 0 Å². The summed E-state index contributed by atoms with van der Waals surface area (Å²) >= 11 is 6.03. The molecule has 6 nitrogen and oxygen atoms in total. The first-order valence-corrected chi connectivity index (χ1v) is 7.59. The number of pyridine rings is 1. The van der Waals surface area contributed by atoms with Gasteiger partial charge >= 0.3 is 0 Å². The summed E-state index contributed by atoms with van der Waals surface area (Å²) in [4.78, 5) is 10.6. The van der Waals surface area contributed by atoms with Crippen molar-refractivity contribution in [2.75, 3.05) is 32.8 Å². The first-order valence-electron chi connectivity index (χ1n) is 7.21. The fourth-order valence-corrected chi connectivity index (χ4v) is 2.93. The van der Waals surface area contributed by atoms with Crippen LogP contribution in [0.4, 0.5) is 0 Å². The number of hydrogen-bond donors (Lipinski definition) is 1. The highest BCUT2D eigenvalue weighted by Gasteiger charge is 2.22. The van der Waals surface area contributed by atoms with Crippen LogP contribution in [-0.2, 0) is 4.74 Å². The Morgan fingerprint density at radius 3 is 2.90 bits per heavy atom. The lowest BCUT2D eigenvalue weighted by Gasteiger charge is -2.30. The minimum absolute atomic E-state index is 0.000115. The summed E-state index contributed by atoms with van der Waals surface area (Å²) in [5, 5.41) is 10.7. The maximum atomic E-state index is 10.2. The molecule has 0 radical (unpaired) electrons. The van der Waals surface area contributed by atoms with E-state index in [1.54, 1.807) is 12.3 Å². The number of halogens is 1. The summed E-state index contributed by atoms with van der Waals surface area (Å²) in [7, 11) is 0. The van der Waals surface area contributed by atoms with Crippen molar-refractivity contribution in [2.24, 2.45) is 0 Å². The van der Waals surface area contributed by atoms with Crippen LogP contribution in [0.1, 0.15) is 19.4 Å². The van der Waals surface area contributed by atoms with Crippen molar-refractivity contribution < 1.29 is 9.84 Å². The van der Waals surface area contributed by atoms with Crippen molar-refractivity contribution in [3.05, 3.63) is 17.3 Å². The Morgan fingerprint density at radius 1 is 1.43 bits per heavy atom. The van der Waals surface area contributed by atoms with E-state index in [1.165, 1.54) is 0 Å². The van der Waals surface area contributed by atoms with E-state index in [-0.39, 0.29) is 12.1 Å². The van der Waals surface area contributed by atoms with E-state index in [0.717, 1.165) is 44.8 Å². The second-order valence-electron chi connectivity index (χ2n) is 5.25. The van der Waals surface area contributed by atoms with Crippen LogP contribution < -0.4 is 0 Å². The van der Waals surface area contributed by atoms with Crippen LogP contribution in [0.15, 0.2) is 12.3 Å². The Morgan fingerprint density at radius 2 is 2.19 bits per heavy atom. The molecule has 1 saturated heterocycles. The Kier molecular flexibility index (Phi) is 4.28. The van der Waals surface area contributed by atoms with E-state index in [2.05, 4.69) is 21.8 Å². The molecule has 0 bridgehead atoms. The Balaban J connectivity index is 1.92. The summed E-state index contributed by atoms with van der Waals surface area (Å²) in [5.41, 5.74) is 1.30. The molecule has 1 aliphatic rings. The van der Waals surface area contributed by atoms with Gasteiger partial charge in [0.1, 0.15) is 0 Å². The van der Waals surface area contributed by atoms with Crippen LogP contribution in [0, 0.1) is 0 Å². The second kappa shape index (κ2) is 6.17. The van der Waals surface area contributed by atoms with Gasteiger partial charge in [0.15, 0.2) is 5.65 Å². The smallest absolute Gasteiger partial charge is 0.296 e. The zero-order valence-electron chi connectivity index (χ0n) is 12.0. The molecule has 21 heavy (non-hydrogen) atoms. The second-order valence-corrected chi connectivity index (χ2v) is 5.69. The Hall–Kier alpha value is -1.37. The number of hydrogen-bond acceptors (Lipinski definition) is 5. The van der Waals surface area contributed by atoms with Gasteiger partial charge in [-0.2, -0.15) is 4.98 Å². The summed E-state index contributed by atoms with van der Waals surface area (Å²) in [6, 6.07) is 1.94. The molecule has 0 amide bonds. The molecule has 2 aromatic heterocycles. The fourth-order valence-electron chi connectivity index (χ4n) is 2.78. The Labute approximate surface area is 128 Å². The van der Waals surface area contributed by atoms with E-state index in [1.807, 2.05) is 4.57 Å². The van der Waals surface area contributed by atoms with E-state index in [4.69, 9.17) is 16.3 Å². The molecule has 0 spiro atoms. The van der Waals surface area contributed by atoms with Gasteiger partial charge in [0, 0.05) is 25.8 Å². The monoisotopic (exact) mass is 310 g/mol. The van der Waals surface area contributed by atoms with Crippen molar-refractivity contribution in [2.45, 2.75) is 19.4 Å². The number of morpholine rings is 1. The first kappa shape index (κ1) is 14.6. The van der Waals surface area contributed by atoms with Crippen LogP contribution in [0.3, 0.4) is 0 Å². The van der Waals surface area contributed by atoms with Gasteiger partial charge in [-0.1, -0.05) is 18.5 Å². The third-order valence-corrected chi connectivity index (χ3v) is 4.11. The van der Waals surface area contributed by atoms with Crippen molar-refractivity contribution >= 4 is 22.8 Å². The molecule has 1 atom stereocenters. The molecule has 1 fully saturated rings.